The molecule has 0 fully saturated rings. The maximum absolute atomic E-state index is 11.1. The van der Waals surface area contributed by atoms with Gasteiger partial charge in [-0.15, -0.1) is 9.94 Å². The number of hydrogen-bond acceptors (Lipinski definition) is 3. The fourth-order valence-electron chi connectivity index (χ4n) is 0.979. The number of rotatable bonds is 0. The molecule has 0 aromatic carbocycles. The summed E-state index contributed by atoms with van der Waals surface area (Å²) in [5.41, 5.74) is 0.176. The molecule has 62 valence electrons. The monoisotopic (exact) mass is 229 g/mol. The predicted molar refractivity (Wildman–Crippen MR) is 45.2 cm³/mol. The van der Waals surface area contributed by atoms with Crippen molar-refractivity contribution in [3.63, 3.8) is 0 Å². The largest absolute Gasteiger partial charge is 0.412 e. The van der Waals surface area contributed by atoms with Gasteiger partial charge in [0.15, 0.2) is 0 Å². The number of nitrogens with zero attached hydrogens (tertiary/aromatic N) is 2. The number of fused-ring (bicyclic) bond motifs is 1. The van der Waals surface area contributed by atoms with Crippen LogP contribution in [-0.2, 0) is 0 Å². The summed E-state index contributed by atoms with van der Waals surface area (Å²) in [6.45, 7) is 0. The molecule has 12 heavy (non-hydrogen) atoms. The van der Waals surface area contributed by atoms with Gasteiger partial charge in [0.25, 0.3) is 5.56 Å². The van der Waals surface area contributed by atoms with Gasteiger partial charge in [0, 0.05) is 6.20 Å². The molecule has 0 radical (unpaired) electrons. The summed E-state index contributed by atoms with van der Waals surface area (Å²) >= 11 is 3.19. The highest BCUT2D eigenvalue weighted by Gasteiger charge is 2.06. The summed E-state index contributed by atoms with van der Waals surface area (Å²) in [5, 5.41) is 13.0. The van der Waals surface area contributed by atoms with Crippen LogP contribution in [0, 0.1) is 0 Å². The molecule has 0 bridgehead atoms. The highest BCUT2D eigenvalue weighted by Crippen LogP contribution is 2.16. The second-order valence-electron chi connectivity index (χ2n) is 2.28. The van der Waals surface area contributed by atoms with E-state index in [9.17, 15) is 4.79 Å². The average molecular weight is 230 g/mol. The Morgan fingerprint density at radius 3 is 3.08 bits per heavy atom. The van der Waals surface area contributed by atoms with Crippen LogP contribution in [0.15, 0.2) is 21.7 Å². The van der Waals surface area contributed by atoms with Gasteiger partial charge < -0.3 is 10.2 Å². The van der Waals surface area contributed by atoms with Crippen molar-refractivity contribution in [2.45, 2.75) is 0 Å². The summed E-state index contributed by atoms with van der Waals surface area (Å²) in [5.74, 6) is 0. The third kappa shape index (κ3) is 0.918. The van der Waals surface area contributed by atoms with Crippen LogP contribution < -0.4 is 5.56 Å². The average Bonchev–Trinajstić information content (AvgIpc) is 2.41. The molecule has 0 unspecified atom stereocenters. The van der Waals surface area contributed by atoms with Crippen molar-refractivity contribution in [3.8, 4) is 0 Å². The molecule has 0 atom stereocenters. The van der Waals surface area contributed by atoms with Crippen LogP contribution in [0.3, 0.4) is 0 Å². The van der Waals surface area contributed by atoms with Crippen molar-refractivity contribution >= 4 is 26.8 Å². The Morgan fingerprint density at radius 2 is 2.42 bits per heavy atom. The maximum atomic E-state index is 11.1. The lowest BCUT2D eigenvalue weighted by molar-refractivity contribution is 0.151. The third-order valence-electron chi connectivity index (χ3n) is 1.50. The number of aromatic amines is 1. The SMILES string of the molecule is O=c1[nH]cc(Br)c2nn(O)cc12. The molecule has 2 aromatic rings. The molecule has 2 N–H and O–H groups in total. The van der Waals surface area contributed by atoms with E-state index in [1.54, 1.807) is 0 Å². The van der Waals surface area contributed by atoms with Gasteiger partial charge in [-0.3, -0.25) is 4.79 Å². The summed E-state index contributed by atoms with van der Waals surface area (Å²) < 4.78 is 0.643. The highest BCUT2D eigenvalue weighted by atomic mass is 79.9. The molecule has 2 heterocycles. The van der Waals surface area contributed by atoms with Crippen LogP contribution in [0.25, 0.3) is 10.9 Å². The van der Waals surface area contributed by atoms with E-state index in [4.69, 9.17) is 5.21 Å². The molecule has 6 heteroatoms. The maximum Gasteiger partial charge on any atom is 0.259 e. The summed E-state index contributed by atoms with van der Waals surface area (Å²) in [6.07, 6.45) is 2.73. The lowest BCUT2D eigenvalue weighted by atomic mass is 10.3. The molecule has 0 aliphatic rings. The first-order chi connectivity index (χ1) is 5.68. The smallest absolute Gasteiger partial charge is 0.259 e. The van der Waals surface area contributed by atoms with Crippen LogP contribution >= 0.6 is 15.9 Å². The molecule has 0 saturated carbocycles. The molecule has 0 amide bonds. The first kappa shape index (κ1) is 7.35. The van der Waals surface area contributed by atoms with Gasteiger partial charge in [0.2, 0.25) is 0 Å². The fourth-order valence-corrected chi connectivity index (χ4v) is 1.39. The van der Waals surface area contributed by atoms with E-state index >= 15 is 0 Å². The van der Waals surface area contributed by atoms with Crippen LogP contribution in [0.2, 0.25) is 0 Å². The van der Waals surface area contributed by atoms with Gasteiger partial charge in [-0.05, 0) is 15.9 Å². The van der Waals surface area contributed by atoms with E-state index in [0.29, 0.717) is 20.2 Å². The van der Waals surface area contributed by atoms with E-state index in [2.05, 4.69) is 26.0 Å². The van der Waals surface area contributed by atoms with E-state index in [1.165, 1.54) is 12.4 Å². The molecular weight excluding hydrogens is 226 g/mol. The number of aromatic nitrogens is 3. The van der Waals surface area contributed by atoms with Gasteiger partial charge in [-0.25, -0.2) is 0 Å². The van der Waals surface area contributed by atoms with Crippen LogP contribution in [0.4, 0.5) is 0 Å². The summed E-state index contributed by atoms with van der Waals surface area (Å²) in [6, 6.07) is 0. The third-order valence-corrected chi connectivity index (χ3v) is 2.11. The van der Waals surface area contributed by atoms with Gasteiger partial charge in [0.1, 0.15) is 5.52 Å². The standard InChI is InChI=1S/C6H4BrN3O2/c7-4-1-8-6(11)3-2-10(12)9-5(3)4/h1-2,12H,(H,8,11). The van der Waals surface area contributed by atoms with Crippen LogP contribution in [0.1, 0.15) is 0 Å². The van der Waals surface area contributed by atoms with Crippen molar-refractivity contribution < 1.29 is 5.21 Å². The number of nitrogens with one attached hydrogen (secondary N) is 1. The summed E-state index contributed by atoms with van der Waals surface area (Å²) in [7, 11) is 0. The number of hydrogen-bond donors (Lipinski definition) is 2. The summed E-state index contributed by atoms with van der Waals surface area (Å²) in [4.78, 5) is 14.2. The van der Waals surface area contributed by atoms with Crippen molar-refractivity contribution in [1.82, 2.24) is 14.9 Å². The van der Waals surface area contributed by atoms with Crippen LogP contribution in [-0.4, -0.2) is 20.1 Å². The number of H-pyrrole nitrogens is 1. The van der Waals surface area contributed by atoms with Gasteiger partial charge in [0.05, 0.1) is 16.1 Å². The second-order valence-corrected chi connectivity index (χ2v) is 3.13. The zero-order chi connectivity index (χ0) is 8.72. The Morgan fingerprint density at radius 1 is 1.67 bits per heavy atom. The topological polar surface area (TPSA) is 70.9 Å². The Balaban J connectivity index is 3.03. The molecular formula is C6H4BrN3O2. The first-order valence-corrected chi connectivity index (χ1v) is 3.93. The minimum Gasteiger partial charge on any atom is -0.412 e. The minimum atomic E-state index is -0.270. The van der Waals surface area contributed by atoms with Gasteiger partial charge in [-0.2, -0.15) is 0 Å². The van der Waals surface area contributed by atoms with Gasteiger partial charge >= 0.3 is 0 Å². The number of halogens is 1. The molecule has 5 nitrogen and oxygen atoms in total. The molecule has 0 saturated heterocycles. The lowest BCUT2D eigenvalue weighted by Gasteiger charge is -1.88. The molecule has 0 aliphatic carbocycles. The van der Waals surface area contributed by atoms with E-state index in [1.807, 2.05) is 0 Å². The Kier molecular flexibility index (Phi) is 1.44. The van der Waals surface area contributed by atoms with Crippen molar-refractivity contribution in [3.05, 3.63) is 27.2 Å². The van der Waals surface area contributed by atoms with Crippen molar-refractivity contribution in [2.75, 3.05) is 0 Å². The zero-order valence-electron chi connectivity index (χ0n) is 5.78. The van der Waals surface area contributed by atoms with Gasteiger partial charge in [-0.1, -0.05) is 0 Å². The normalized spacial score (nSPS) is 10.8. The zero-order valence-corrected chi connectivity index (χ0v) is 7.37. The van der Waals surface area contributed by atoms with E-state index in [-0.39, 0.29) is 5.56 Å². The predicted octanol–water partition coefficient (Wildman–Crippen LogP) is 0.724. The first-order valence-electron chi connectivity index (χ1n) is 3.14. The highest BCUT2D eigenvalue weighted by molar-refractivity contribution is 9.10. The van der Waals surface area contributed by atoms with Crippen molar-refractivity contribution in [1.29, 1.82) is 0 Å². The molecule has 0 aliphatic heterocycles. The second kappa shape index (κ2) is 2.34. The number of pyridine rings is 1. The molecule has 2 aromatic heterocycles. The Hall–Kier alpha value is -1.30. The Bertz CT molecular complexity index is 487. The van der Waals surface area contributed by atoms with Crippen molar-refractivity contribution in [2.24, 2.45) is 0 Å². The molecule has 2 rings (SSSR count). The quantitative estimate of drug-likeness (QED) is 0.655. The Labute approximate surface area is 74.7 Å². The lowest BCUT2D eigenvalue weighted by Crippen LogP contribution is -2.03. The van der Waals surface area contributed by atoms with E-state index < -0.39 is 0 Å². The minimum absolute atomic E-state index is 0.270. The van der Waals surface area contributed by atoms with Crippen LogP contribution in [0.5, 0.6) is 0 Å². The fraction of sp³-hybridized carbons (Fsp3) is 0. The van der Waals surface area contributed by atoms with E-state index in [0.717, 1.165) is 0 Å². The molecule has 0 spiro atoms.